The van der Waals surface area contributed by atoms with Crippen LogP contribution in [0.1, 0.15) is 27.2 Å². The monoisotopic (exact) mass is 247 g/mol. The number of hydrogen-bond acceptors (Lipinski definition) is 4. The number of methoxy groups -OCH3 is 1. The van der Waals surface area contributed by atoms with Crippen LogP contribution >= 0.6 is 0 Å². The Morgan fingerprint density at radius 1 is 1.35 bits per heavy atom. The van der Waals surface area contributed by atoms with Gasteiger partial charge in [-0.05, 0) is 20.8 Å². The van der Waals surface area contributed by atoms with Crippen LogP contribution in [0.15, 0.2) is 0 Å². The normalized spacial score (nSPS) is 13.0. The predicted octanol–water partition coefficient (Wildman–Crippen LogP) is 1.34. The van der Waals surface area contributed by atoms with Crippen LogP contribution < -0.4 is 0 Å². The predicted molar refractivity (Wildman–Crippen MR) is 61.9 cm³/mol. The summed E-state index contributed by atoms with van der Waals surface area (Å²) in [5, 5.41) is 9.01. The molecule has 0 radical (unpaired) electrons. The summed E-state index contributed by atoms with van der Waals surface area (Å²) >= 11 is 0. The molecule has 0 aromatic rings. The van der Waals surface area contributed by atoms with Crippen LogP contribution in [-0.2, 0) is 14.3 Å². The first kappa shape index (κ1) is 15.7. The topological polar surface area (TPSA) is 76.1 Å². The van der Waals surface area contributed by atoms with E-state index >= 15 is 0 Å². The molecule has 0 heterocycles. The molecule has 0 rings (SSSR count). The van der Waals surface area contributed by atoms with Crippen molar-refractivity contribution in [3.63, 3.8) is 0 Å². The number of carbonyl (C=O) groups is 2. The largest absolute Gasteiger partial charge is 0.480 e. The molecule has 0 fully saturated rings. The van der Waals surface area contributed by atoms with Gasteiger partial charge in [0.25, 0.3) is 0 Å². The molecular formula is C11H21NO5. The molecule has 0 spiro atoms. The zero-order valence-corrected chi connectivity index (χ0v) is 11.0. The number of carboxylic acid groups (broad SMARTS) is 1. The van der Waals surface area contributed by atoms with E-state index in [-0.39, 0.29) is 13.0 Å². The number of carboxylic acids is 1. The second-order valence-electron chi connectivity index (χ2n) is 4.73. The molecule has 0 aliphatic heterocycles. The number of hydrogen-bond donors (Lipinski definition) is 1. The summed E-state index contributed by atoms with van der Waals surface area (Å²) in [5.41, 5.74) is -0.643. The van der Waals surface area contributed by atoms with Crippen LogP contribution in [0, 0.1) is 0 Å². The van der Waals surface area contributed by atoms with E-state index in [9.17, 15) is 9.59 Å². The fourth-order valence-electron chi connectivity index (χ4n) is 1.17. The maximum atomic E-state index is 11.7. The smallest absolute Gasteiger partial charge is 0.410 e. The molecule has 1 amide bonds. The van der Waals surface area contributed by atoms with Crippen molar-refractivity contribution in [3.05, 3.63) is 0 Å². The van der Waals surface area contributed by atoms with Crippen LogP contribution in [0.3, 0.4) is 0 Å². The van der Waals surface area contributed by atoms with Crippen molar-refractivity contribution in [2.24, 2.45) is 0 Å². The molecule has 100 valence electrons. The maximum absolute atomic E-state index is 11.7. The van der Waals surface area contributed by atoms with E-state index in [1.54, 1.807) is 20.8 Å². The Labute approximate surface area is 101 Å². The third-order valence-corrected chi connectivity index (χ3v) is 2.03. The number of aliphatic carboxylic acids is 1. The minimum absolute atomic E-state index is 0.224. The molecule has 1 atom stereocenters. The van der Waals surface area contributed by atoms with E-state index in [1.165, 1.54) is 14.2 Å². The Kier molecular flexibility index (Phi) is 5.95. The van der Waals surface area contributed by atoms with Gasteiger partial charge in [-0.3, -0.25) is 4.90 Å². The van der Waals surface area contributed by atoms with Gasteiger partial charge in [-0.25, -0.2) is 9.59 Å². The summed E-state index contributed by atoms with van der Waals surface area (Å²) in [4.78, 5) is 23.8. The number of amides is 1. The third kappa shape index (κ3) is 6.11. The van der Waals surface area contributed by atoms with E-state index in [0.717, 1.165) is 4.90 Å². The summed E-state index contributed by atoms with van der Waals surface area (Å²) < 4.78 is 9.90. The van der Waals surface area contributed by atoms with Crippen LogP contribution in [0.2, 0.25) is 0 Å². The van der Waals surface area contributed by atoms with Crippen LogP contribution in [0.25, 0.3) is 0 Å². The van der Waals surface area contributed by atoms with E-state index in [1.807, 2.05) is 0 Å². The first-order valence-corrected chi connectivity index (χ1v) is 5.36. The van der Waals surface area contributed by atoms with Crippen molar-refractivity contribution in [2.45, 2.75) is 38.8 Å². The highest BCUT2D eigenvalue weighted by molar-refractivity contribution is 5.79. The number of ether oxygens (including phenoxy) is 2. The van der Waals surface area contributed by atoms with Gasteiger partial charge in [-0.1, -0.05) is 0 Å². The average molecular weight is 247 g/mol. The SMILES string of the molecule is COCC[C@@H](C(=O)O)N(C)C(=O)OC(C)(C)C. The van der Waals surface area contributed by atoms with Gasteiger partial charge in [0.05, 0.1) is 0 Å². The summed E-state index contributed by atoms with van der Waals surface area (Å²) in [6, 6.07) is -0.940. The highest BCUT2D eigenvalue weighted by Gasteiger charge is 2.29. The lowest BCUT2D eigenvalue weighted by molar-refractivity contribution is -0.143. The standard InChI is InChI=1S/C11H21NO5/c1-11(2,3)17-10(15)12(4)8(9(13)14)6-7-16-5/h8H,6-7H2,1-5H3,(H,13,14)/t8-/m0/s1. The quantitative estimate of drug-likeness (QED) is 0.793. The molecule has 0 saturated heterocycles. The van der Waals surface area contributed by atoms with Gasteiger partial charge in [-0.15, -0.1) is 0 Å². The second kappa shape index (κ2) is 6.44. The van der Waals surface area contributed by atoms with Crippen molar-refractivity contribution in [3.8, 4) is 0 Å². The van der Waals surface area contributed by atoms with Crippen LogP contribution in [0.4, 0.5) is 4.79 Å². The van der Waals surface area contributed by atoms with Gasteiger partial charge in [0, 0.05) is 27.2 Å². The lowest BCUT2D eigenvalue weighted by Crippen LogP contribution is -2.45. The fraction of sp³-hybridized carbons (Fsp3) is 0.818. The van der Waals surface area contributed by atoms with Gasteiger partial charge in [0.15, 0.2) is 0 Å². The highest BCUT2D eigenvalue weighted by atomic mass is 16.6. The second-order valence-corrected chi connectivity index (χ2v) is 4.73. The fourth-order valence-corrected chi connectivity index (χ4v) is 1.17. The Morgan fingerprint density at radius 3 is 2.24 bits per heavy atom. The van der Waals surface area contributed by atoms with E-state index < -0.39 is 23.7 Å². The minimum atomic E-state index is -1.07. The van der Waals surface area contributed by atoms with Crippen LogP contribution in [0.5, 0.6) is 0 Å². The van der Waals surface area contributed by atoms with E-state index in [4.69, 9.17) is 14.6 Å². The molecule has 0 aliphatic rings. The Morgan fingerprint density at radius 2 is 1.88 bits per heavy atom. The molecule has 6 heteroatoms. The lowest BCUT2D eigenvalue weighted by atomic mass is 10.2. The molecule has 0 aromatic heterocycles. The Hall–Kier alpha value is -1.30. The summed E-state index contributed by atoms with van der Waals surface area (Å²) in [5.74, 6) is -1.07. The van der Waals surface area contributed by atoms with Crippen molar-refractivity contribution in [1.29, 1.82) is 0 Å². The number of likely N-dealkylation sites (N-methyl/N-ethyl adjacent to an activating group) is 1. The molecule has 1 N–H and O–H groups in total. The summed E-state index contributed by atoms with van der Waals surface area (Å²) in [6.07, 6.45) is -0.428. The van der Waals surface area contributed by atoms with Crippen molar-refractivity contribution < 1.29 is 24.2 Å². The highest BCUT2D eigenvalue weighted by Crippen LogP contribution is 2.12. The first-order valence-electron chi connectivity index (χ1n) is 5.36. The molecule has 6 nitrogen and oxygen atoms in total. The van der Waals surface area contributed by atoms with Gasteiger partial charge in [-0.2, -0.15) is 0 Å². The van der Waals surface area contributed by atoms with Crippen LogP contribution in [-0.4, -0.2) is 54.5 Å². The van der Waals surface area contributed by atoms with E-state index in [2.05, 4.69) is 0 Å². The Balaban J connectivity index is 4.55. The third-order valence-electron chi connectivity index (χ3n) is 2.03. The molecule has 0 aromatic carbocycles. The molecule has 0 aliphatic carbocycles. The zero-order valence-electron chi connectivity index (χ0n) is 11.0. The molecule has 0 unspecified atom stereocenters. The number of carbonyl (C=O) groups excluding carboxylic acids is 1. The lowest BCUT2D eigenvalue weighted by Gasteiger charge is -2.28. The zero-order chi connectivity index (χ0) is 13.6. The molecular weight excluding hydrogens is 226 g/mol. The molecule has 17 heavy (non-hydrogen) atoms. The number of rotatable bonds is 5. The van der Waals surface area contributed by atoms with Gasteiger partial charge < -0.3 is 14.6 Å². The summed E-state index contributed by atoms with van der Waals surface area (Å²) in [6.45, 7) is 5.45. The van der Waals surface area contributed by atoms with E-state index in [0.29, 0.717) is 0 Å². The van der Waals surface area contributed by atoms with Gasteiger partial charge in [0.2, 0.25) is 0 Å². The average Bonchev–Trinajstić information content (AvgIpc) is 2.14. The molecule has 0 bridgehead atoms. The molecule has 0 saturated carbocycles. The number of nitrogens with zero attached hydrogens (tertiary/aromatic N) is 1. The minimum Gasteiger partial charge on any atom is -0.480 e. The van der Waals surface area contributed by atoms with Gasteiger partial charge >= 0.3 is 12.1 Å². The van der Waals surface area contributed by atoms with Gasteiger partial charge in [0.1, 0.15) is 11.6 Å². The Bertz CT molecular complexity index is 272. The van der Waals surface area contributed by atoms with Crippen molar-refractivity contribution in [1.82, 2.24) is 4.90 Å². The maximum Gasteiger partial charge on any atom is 0.410 e. The van der Waals surface area contributed by atoms with Crippen molar-refractivity contribution >= 4 is 12.1 Å². The first-order chi connectivity index (χ1) is 7.69. The van der Waals surface area contributed by atoms with Crippen molar-refractivity contribution in [2.75, 3.05) is 20.8 Å². The summed E-state index contributed by atoms with van der Waals surface area (Å²) in [7, 11) is 2.88.